The topological polar surface area (TPSA) is 104 Å². The highest BCUT2D eigenvalue weighted by Gasteiger charge is 2.26. The average Bonchev–Trinajstić information content (AvgIpc) is 2.91. The van der Waals surface area contributed by atoms with E-state index in [2.05, 4.69) is 5.32 Å². The van der Waals surface area contributed by atoms with Crippen molar-refractivity contribution in [1.82, 2.24) is 9.97 Å². The Morgan fingerprint density at radius 1 is 1.07 bits per heavy atom. The first-order chi connectivity index (χ1) is 14.5. The van der Waals surface area contributed by atoms with Crippen LogP contribution in [0.3, 0.4) is 0 Å². The van der Waals surface area contributed by atoms with Crippen LogP contribution in [0.4, 0.5) is 23.0 Å². The molecule has 9 nitrogen and oxygen atoms in total. The van der Waals surface area contributed by atoms with E-state index in [0.29, 0.717) is 23.9 Å². The van der Waals surface area contributed by atoms with Gasteiger partial charge < -0.3 is 10.2 Å². The first kappa shape index (κ1) is 19.6. The number of hydrogen-bond acceptors (Lipinski definition) is 7. The second kappa shape index (κ2) is 8.32. The molecule has 1 aromatic heterocycles. The van der Waals surface area contributed by atoms with Gasteiger partial charge in [-0.2, -0.15) is 0 Å². The van der Waals surface area contributed by atoms with Crippen molar-refractivity contribution in [3.8, 4) is 0 Å². The van der Waals surface area contributed by atoms with E-state index in [1.54, 1.807) is 23.1 Å². The number of aromatic nitrogens is 2. The first-order valence-electron chi connectivity index (χ1n) is 9.80. The van der Waals surface area contributed by atoms with Gasteiger partial charge >= 0.3 is 0 Å². The molecule has 4 rings (SSSR count). The lowest BCUT2D eigenvalue weighted by Crippen LogP contribution is -2.33. The molecule has 0 fully saturated rings. The number of rotatable bonds is 5. The number of benzene rings is 2. The largest absolute Gasteiger partial charge is 0.379 e. The number of nitrogens with one attached hydrogen (secondary N) is 1. The summed E-state index contributed by atoms with van der Waals surface area (Å²) in [5.74, 6) is 1.15. The van der Waals surface area contributed by atoms with E-state index in [0.717, 1.165) is 24.0 Å². The van der Waals surface area contributed by atoms with Crippen molar-refractivity contribution in [2.75, 3.05) is 41.8 Å². The maximum absolute atomic E-state index is 13.0. The Bertz CT molecular complexity index is 1100. The van der Waals surface area contributed by atoms with Crippen LogP contribution in [0.5, 0.6) is 0 Å². The fourth-order valence-electron chi connectivity index (χ4n) is 3.56. The Labute approximate surface area is 173 Å². The van der Waals surface area contributed by atoms with Crippen molar-refractivity contribution < 1.29 is 9.72 Å². The normalized spacial score (nSPS) is 13.6. The molecule has 9 heteroatoms. The summed E-state index contributed by atoms with van der Waals surface area (Å²) in [5, 5.41) is 14.2. The molecule has 3 aromatic rings. The van der Waals surface area contributed by atoms with Crippen LogP contribution >= 0.6 is 0 Å². The molecular weight excluding hydrogens is 384 g/mol. The van der Waals surface area contributed by atoms with E-state index in [1.165, 1.54) is 6.07 Å². The summed E-state index contributed by atoms with van der Waals surface area (Å²) in [6, 6.07) is 14.0. The molecule has 2 heterocycles. The van der Waals surface area contributed by atoms with Crippen LogP contribution in [-0.2, 0) is 4.79 Å². The lowest BCUT2D eigenvalue weighted by molar-refractivity contribution is -0.384. The summed E-state index contributed by atoms with van der Waals surface area (Å²) < 4.78 is 0. The highest BCUT2D eigenvalue weighted by atomic mass is 16.6. The summed E-state index contributed by atoms with van der Waals surface area (Å²) in [6.07, 6.45) is 0.984. The van der Waals surface area contributed by atoms with Crippen molar-refractivity contribution in [3.63, 3.8) is 0 Å². The number of nitro benzene ring substituents is 1. The number of para-hydroxylation sites is 4. The summed E-state index contributed by atoms with van der Waals surface area (Å²) in [4.78, 5) is 36.9. The van der Waals surface area contributed by atoms with Crippen LogP contribution in [0.15, 0.2) is 48.5 Å². The van der Waals surface area contributed by atoms with E-state index >= 15 is 0 Å². The van der Waals surface area contributed by atoms with Gasteiger partial charge in [-0.1, -0.05) is 24.3 Å². The Morgan fingerprint density at radius 3 is 2.47 bits per heavy atom. The number of nitrogens with zero attached hydrogens (tertiary/aromatic N) is 5. The Morgan fingerprint density at radius 2 is 1.73 bits per heavy atom. The second-order valence-corrected chi connectivity index (χ2v) is 7.13. The van der Waals surface area contributed by atoms with Crippen molar-refractivity contribution in [2.24, 2.45) is 0 Å². The number of nitro groups is 1. The third-order valence-corrected chi connectivity index (χ3v) is 5.08. The van der Waals surface area contributed by atoms with Crippen molar-refractivity contribution >= 4 is 40.0 Å². The lowest BCUT2D eigenvalue weighted by Gasteiger charge is -2.23. The summed E-state index contributed by atoms with van der Waals surface area (Å²) in [6.45, 7) is 1.61. The van der Waals surface area contributed by atoms with Crippen molar-refractivity contribution in [2.45, 2.75) is 12.8 Å². The zero-order valence-electron chi connectivity index (χ0n) is 16.6. The Hall–Kier alpha value is -3.75. The predicted octanol–water partition coefficient (Wildman–Crippen LogP) is 3.21. The predicted molar refractivity (Wildman–Crippen MR) is 116 cm³/mol. The van der Waals surface area contributed by atoms with Crippen LogP contribution in [-0.4, -0.2) is 47.5 Å². The van der Waals surface area contributed by atoms with E-state index in [4.69, 9.17) is 9.97 Å². The van der Waals surface area contributed by atoms with Gasteiger partial charge in [0.15, 0.2) is 11.6 Å². The zero-order valence-corrected chi connectivity index (χ0v) is 16.6. The van der Waals surface area contributed by atoms with Crippen LogP contribution in [0.2, 0.25) is 0 Å². The van der Waals surface area contributed by atoms with Gasteiger partial charge in [0.2, 0.25) is 5.91 Å². The van der Waals surface area contributed by atoms with Crippen LogP contribution < -0.4 is 15.1 Å². The molecule has 1 amide bonds. The summed E-state index contributed by atoms with van der Waals surface area (Å²) in [7, 11) is 1.95. The quantitative estimate of drug-likeness (QED) is 0.512. The number of fused-ring (bicyclic) bond motifs is 2. The first-order valence-corrected chi connectivity index (χ1v) is 9.80. The molecule has 0 saturated heterocycles. The smallest absolute Gasteiger partial charge is 0.292 e. The SMILES string of the molecule is CN1CCCN(C(=O)CCNc2ccccc2[N+](=O)[O-])c2nc3ccccc3nc21. The average molecular weight is 406 g/mol. The molecule has 2 aromatic carbocycles. The van der Waals surface area contributed by atoms with Gasteiger partial charge in [-0.25, -0.2) is 9.97 Å². The number of amides is 1. The van der Waals surface area contributed by atoms with E-state index in [9.17, 15) is 14.9 Å². The molecule has 0 atom stereocenters. The van der Waals surface area contributed by atoms with Gasteiger partial charge in [0.05, 0.1) is 16.0 Å². The third-order valence-electron chi connectivity index (χ3n) is 5.08. The minimum Gasteiger partial charge on any atom is -0.379 e. The zero-order chi connectivity index (χ0) is 21.1. The molecule has 1 aliphatic rings. The number of hydrogen-bond donors (Lipinski definition) is 1. The van der Waals surface area contributed by atoms with Crippen LogP contribution in [0.1, 0.15) is 12.8 Å². The van der Waals surface area contributed by atoms with E-state index in [1.807, 2.05) is 36.2 Å². The number of anilines is 3. The number of carbonyl (C=O) groups is 1. The Kier molecular flexibility index (Phi) is 5.42. The molecule has 0 unspecified atom stereocenters. The molecule has 0 aliphatic carbocycles. The van der Waals surface area contributed by atoms with Crippen LogP contribution in [0, 0.1) is 10.1 Å². The molecule has 0 spiro atoms. The van der Waals surface area contributed by atoms with Gasteiger partial charge in [0, 0.05) is 39.2 Å². The highest BCUT2D eigenvalue weighted by molar-refractivity contribution is 5.97. The molecule has 1 aliphatic heterocycles. The Balaban J connectivity index is 1.54. The van der Waals surface area contributed by atoms with Gasteiger partial charge in [0.1, 0.15) is 5.69 Å². The highest BCUT2D eigenvalue weighted by Crippen LogP contribution is 2.30. The molecular formula is C21H22N6O3. The summed E-state index contributed by atoms with van der Waals surface area (Å²) >= 11 is 0. The van der Waals surface area contributed by atoms with Crippen molar-refractivity contribution in [3.05, 3.63) is 58.6 Å². The van der Waals surface area contributed by atoms with Gasteiger partial charge in [0.25, 0.3) is 5.69 Å². The van der Waals surface area contributed by atoms with Gasteiger partial charge in [-0.05, 0) is 24.6 Å². The molecule has 0 saturated carbocycles. The molecule has 30 heavy (non-hydrogen) atoms. The second-order valence-electron chi connectivity index (χ2n) is 7.13. The number of carbonyl (C=O) groups excluding carboxylic acids is 1. The van der Waals surface area contributed by atoms with E-state index < -0.39 is 4.92 Å². The molecule has 154 valence electrons. The van der Waals surface area contributed by atoms with Crippen LogP contribution in [0.25, 0.3) is 11.0 Å². The maximum atomic E-state index is 13.0. The maximum Gasteiger partial charge on any atom is 0.292 e. The van der Waals surface area contributed by atoms with Crippen molar-refractivity contribution in [1.29, 1.82) is 0 Å². The lowest BCUT2D eigenvalue weighted by atomic mass is 10.2. The molecule has 0 bridgehead atoms. The molecule has 0 radical (unpaired) electrons. The fraction of sp³-hybridized carbons (Fsp3) is 0.286. The standard InChI is InChI=1S/C21H22N6O3/c1-25-13-6-14-26(21-20(25)23-15-7-2-3-8-16(15)24-21)19(28)11-12-22-17-9-4-5-10-18(17)27(29)30/h2-5,7-10,22H,6,11-14H2,1H3. The minimum absolute atomic E-state index is 0.0102. The molecule has 1 N–H and O–H groups in total. The van der Waals surface area contributed by atoms with Gasteiger partial charge in [-0.15, -0.1) is 0 Å². The minimum atomic E-state index is -0.439. The van der Waals surface area contributed by atoms with Gasteiger partial charge in [-0.3, -0.25) is 19.8 Å². The fourth-order valence-corrected chi connectivity index (χ4v) is 3.56. The summed E-state index contributed by atoms with van der Waals surface area (Å²) in [5.41, 5.74) is 1.92. The van der Waals surface area contributed by atoms with E-state index in [-0.39, 0.29) is 24.6 Å². The monoisotopic (exact) mass is 406 g/mol. The third kappa shape index (κ3) is 3.86.